The highest BCUT2D eigenvalue weighted by Crippen LogP contribution is 2.25. The van der Waals surface area contributed by atoms with Gasteiger partial charge in [0.1, 0.15) is 0 Å². The van der Waals surface area contributed by atoms with Crippen molar-refractivity contribution in [3.63, 3.8) is 0 Å². The van der Waals surface area contributed by atoms with Crippen molar-refractivity contribution in [3.05, 3.63) is 0 Å². The lowest BCUT2D eigenvalue weighted by Crippen LogP contribution is -2.45. The highest BCUT2D eigenvalue weighted by molar-refractivity contribution is 5.71. The zero-order valence-corrected chi connectivity index (χ0v) is 9.44. The van der Waals surface area contributed by atoms with Gasteiger partial charge in [0, 0.05) is 13.1 Å². The van der Waals surface area contributed by atoms with E-state index in [-0.39, 0.29) is 12.1 Å². The molecule has 2 aliphatic heterocycles. The maximum atomic E-state index is 11.5. The summed E-state index contributed by atoms with van der Waals surface area (Å²) in [4.78, 5) is 13.6. The van der Waals surface area contributed by atoms with Gasteiger partial charge in [-0.15, -0.1) is 0 Å². The van der Waals surface area contributed by atoms with Crippen molar-refractivity contribution in [2.75, 3.05) is 19.6 Å². The highest BCUT2D eigenvalue weighted by atomic mass is 16.5. The van der Waals surface area contributed by atoms with Gasteiger partial charge in [-0.2, -0.15) is 0 Å². The Balaban J connectivity index is 1.78. The molecule has 2 heterocycles. The van der Waals surface area contributed by atoms with Gasteiger partial charge in [0.2, 0.25) is 0 Å². The second kappa shape index (κ2) is 4.49. The van der Waals surface area contributed by atoms with Crippen LogP contribution in [0.2, 0.25) is 0 Å². The lowest BCUT2D eigenvalue weighted by Gasteiger charge is -2.31. The van der Waals surface area contributed by atoms with Gasteiger partial charge in [0.05, 0.1) is 24.9 Å². The number of ether oxygens (including phenoxy) is 2. The van der Waals surface area contributed by atoms with Gasteiger partial charge < -0.3 is 9.47 Å². The summed E-state index contributed by atoms with van der Waals surface area (Å²) in [6.07, 6.45) is 2.95. The Kier molecular flexibility index (Phi) is 3.26. The highest BCUT2D eigenvalue weighted by Gasteiger charge is 2.34. The van der Waals surface area contributed by atoms with E-state index in [9.17, 15) is 4.79 Å². The first kappa shape index (κ1) is 10.9. The van der Waals surface area contributed by atoms with Crippen LogP contribution in [0.15, 0.2) is 0 Å². The fourth-order valence-corrected chi connectivity index (χ4v) is 2.31. The molecule has 86 valence electrons. The molecule has 15 heavy (non-hydrogen) atoms. The number of esters is 1. The van der Waals surface area contributed by atoms with E-state index >= 15 is 0 Å². The summed E-state index contributed by atoms with van der Waals surface area (Å²) in [5.74, 6) is -0.119. The first-order valence-corrected chi connectivity index (χ1v) is 5.71. The number of likely N-dealkylation sites (tertiary alicyclic amines) is 1. The van der Waals surface area contributed by atoms with Crippen molar-refractivity contribution in [1.29, 1.82) is 0 Å². The Bertz CT molecular complexity index is 230. The number of hydrogen-bond acceptors (Lipinski definition) is 4. The lowest BCUT2D eigenvalue weighted by atomic mass is 10.2. The fourth-order valence-electron chi connectivity index (χ4n) is 2.31. The van der Waals surface area contributed by atoms with E-state index < -0.39 is 0 Å². The molecule has 2 atom stereocenters. The molecule has 0 aliphatic carbocycles. The summed E-state index contributed by atoms with van der Waals surface area (Å²) in [5.41, 5.74) is 0. The van der Waals surface area contributed by atoms with E-state index in [4.69, 9.17) is 9.47 Å². The maximum Gasteiger partial charge on any atom is 0.320 e. The SMILES string of the molecule is CC(C)OC(=O)CN1CC2CCC(C1)O2. The van der Waals surface area contributed by atoms with Crippen molar-refractivity contribution in [1.82, 2.24) is 4.90 Å². The van der Waals surface area contributed by atoms with E-state index in [1.807, 2.05) is 13.8 Å². The summed E-state index contributed by atoms with van der Waals surface area (Å²) < 4.78 is 10.8. The zero-order chi connectivity index (χ0) is 10.8. The molecule has 4 nitrogen and oxygen atoms in total. The summed E-state index contributed by atoms with van der Waals surface area (Å²) in [5, 5.41) is 0. The molecular formula is C11H19NO3. The van der Waals surface area contributed by atoms with Crippen LogP contribution in [0.3, 0.4) is 0 Å². The first-order valence-electron chi connectivity index (χ1n) is 5.71. The molecule has 0 aromatic heterocycles. The van der Waals surface area contributed by atoms with Gasteiger partial charge in [0.25, 0.3) is 0 Å². The Morgan fingerprint density at radius 2 is 2.00 bits per heavy atom. The average Bonchev–Trinajstić information content (AvgIpc) is 2.44. The standard InChI is InChI=1S/C11H19NO3/c1-8(2)14-11(13)7-12-5-9-3-4-10(6-12)15-9/h8-10H,3-7H2,1-2H3. The van der Waals surface area contributed by atoms with Gasteiger partial charge in [0.15, 0.2) is 0 Å². The van der Waals surface area contributed by atoms with Crippen molar-refractivity contribution in [3.8, 4) is 0 Å². The van der Waals surface area contributed by atoms with Crippen molar-refractivity contribution in [2.45, 2.75) is 45.0 Å². The molecule has 0 saturated carbocycles. The van der Waals surface area contributed by atoms with E-state index in [1.165, 1.54) is 0 Å². The van der Waals surface area contributed by atoms with E-state index in [2.05, 4.69) is 4.90 Å². The van der Waals surface area contributed by atoms with Crippen LogP contribution in [0.5, 0.6) is 0 Å². The quantitative estimate of drug-likeness (QED) is 0.650. The molecule has 4 heteroatoms. The number of hydrogen-bond donors (Lipinski definition) is 0. The van der Waals surface area contributed by atoms with Crippen LogP contribution in [0.25, 0.3) is 0 Å². The number of carbonyl (C=O) groups excluding carboxylic acids is 1. The summed E-state index contributed by atoms with van der Waals surface area (Å²) in [6.45, 7) is 5.92. The minimum atomic E-state index is -0.119. The summed E-state index contributed by atoms with van der Waals surface area (Å²) in [6, 6.07) is 0. The molecule has 2 bridgehead atoms. The molecule has 0 radical (unpaired) electrons. The summed E-state index contributed by atoms with van der Waals surface area (Å²) in [7, 11) is 0. The van der Waals surface area contributed by atoms with E-state index in [0.717, 1.165) is 25.9 Å². The lowest BCUT2D eigenvalue weighted by molar-refractivity contribution is -0.150. The minimum absolute atomic E-state index is 0.0183. The molecule has 0 N–H and O–H groups in total. The van der Waals surface area contributed by atoms with Crippen molar-refractivity contribution in [2.24, 2.45) is 0 Å². The number of rotatable bonds is 3. The van der Waals surface area contributed by atoms with Crippen LogP contribution in [-0.2, 0) is 14.3 Å². The van der Waals surface area contributed by atoms with Gasteiger partial charge >= 0.3 is 5.97 Å². The third-order valence-electron chi connectivity index (χ3n) is 2.84. The van der Waals surface area contributed by atoms with Crippen LogP contribution in [-0.4, -0.2) is 48.8 Å². The second-order valence-corrected chi connectivity index (χ2v) is 4.69. The fraction of sp³-hybridized carbons (Fsp3) is 0.909. The number of morpholine rings is 1. The summed E-state index contributed by atoms with van der Waals surface area (Å²) >= 11 is 0. The number of carbonyl (C=O) groups is 1. The van der Waals surface area contributed by atoms with Crippen LogP contribution in [0.1, 0.15) is 26.7 Å². The molecule has 2 saturated heterocycles. The molecule has 0 spiro atoms. The largest absolute Gasteiger partial charge is 0.462 e. The molecule has 2 unspecified atom stereocenters. The van der Waals surface area contributed by atoms with Crippen LogP contribution in [0.4, 0.5) is 0 Å². The van der Waals surface area contributed by atoms with Crippen LogP contribution >= 0.6 is 0 Å². The Morgan fingerprint density at radius 3 is 2.53 bits per heavy atom. The van der Waals surface area contributed by atoms with Crippen LogP contribution in [0, 0.1) is 0 Å². The Labute approximate surface area is 90.5 Å². The molecule has 2 aliphatic rings. The predicted molar refractivity (Wildman–Crippen MR) is 55.6 cm³/mol. The number of fused-ring (bicyclic) bond motifs is 2. The second-order valence-electron chi connectivity index (χ2n) is 4.69. The third-order valence-corrected chi connectivity index (χ3v) is 2.84. The van der Waals surface area contributed by atoms with Crippen molar-refractivity contribution < 1.29 is 14.3 Å². The molecular weight excluding hydrogens is 194 g/mol. The van der Waals surface area contributed by atoms with E-state index in [0.29, 0.717) is 18.8 Å². The smallest absolute Gasteiger partial charge is 0.320 e. The van der Waals surface area contributed by atoms with E-state index in [1.54, 1.807) is 0 Å². The monoisotopic (exact) mass is 213 g/mol. The van der Waals surface area contributed by atoms with Crippen molar-refractivity contribution >= 4 is 5.97 Å². The third kappa shape index (κ3) is 2.92. The zero-order valence-electron chi connectivity index (χ0n) is 9.44. The van der Waals surface area contributed by atoms with Crippen LogP contribution < -0.4 is 0 Å². The average molecular weight is 213 g/mol. The molecule has 0 aromatic rings. The molecule has 0 amide bonds. The molecule has 2 fully saturated rings. The molecule has 0 aromatic carbocycles. The topological polar surface area (TPSA) is 38.8 Å². The normalized spacial score (nSPS) is 30.9. The van der Waals surface area contributed by atoms with Gasteiger partial charge in [-0.25, -0.2) is 0 Å². The Morgan fingerprint density at radius 1 is 1.40 bits per heavy atom. The predicted octanol–water partition coefficient (Wildman–Crippen LogP) is 0.801. The van der Waals surface area contributed by atoms with Gasteiger partial charge in [-0.3, -0.25) is 9.69 Å². The Hall–Kier alpha value is -0.610. The first-order chi connectivity index (χ1) is 7.13. The van der Waals surface area contributed by atoms with Gasteiger partial charge in [-0.1, -0.05) is 0 Å². The molecule has 2 rings (SSSR count). The minimum Gasteiger partial charge on any atom is -0.462 e. The maximum absolute atomic E-state index is 11.5. The number of nitrogens with zero attached hydrogens (tertiary/aromatic N) is 1. The van der Waals surface area contributed by atoms with Gasteiger partial charge in [-0.05, 0) is 26.7 Å².